The first-order valence-electron chi connectivity index (χ1n) is 7.34. The molecule has 0 aliphatic rings. The molecule has 2 aromatic carbocycles. The van der Waals surface area contributed by atoms with Crippen LogP contribution in [0.3, 0.4) is 0 Å². The van der Waals surface area contributed by atoms with Crippen molar-refractivity contribution in [3.63, 3.8) is 0 Å². The van der Waals surface area contributed by atoms with Crippen molar-refractivity contribution in [2.24, 2.45) is 0 Å². The van der Waals surface area contributed by atoms with E-state index in [0.29, 0.717) is 32.9 Å². The summed E-state index contributed by atoms with van der Waals surface area (Å²) < 4.78 is 10.6. The Morgan fingerprint density at radius 1 is 0.760 bits per heavy atom. The van der Waals surface area contributed by atoms with Gasteiger partial charge in [-0.3, -0.25) is 0 Å². The number of benzene rings is 2. The Hall–Kier alpha value is -2.50. The summed E-state index contributed by atoms with van der Waals surface area (Å²) in [5.41, 5.74) is 8.83. The molecule has 3 aromatic rings. The van der Waals surface area contributed by atoms with Crippen LogP contribution in [0.25, 0.3) is 22.5 Å². The highest BCUT2D eigenvalue weighted by molar-refractivity contribution is 6.42. The molecule has 1 heterocycles. The van der Waals surface area contributed by atoms with E-state index in [4.69, 9.17) is 38.4 Å². The number of nitrogens with zero attached hydrogens (tertiary/aromatic N) is 2. The van der Waals surface area contributed by atoms with Crippen molar-refractivity contribution in [3.8, 4) is 34.0 Å². The number of halogens is 2. The average molecular weight is 376 g/mol. The van der Waals surface area contributed by atoms with E-state index in [9.17, 15) is 0 Å². The molecule has 3 rings (SSSR count). The zero-order valence-electron chi connectivity index (χ0n) is 13.6. The van der Waals surface area contributed by atoms with Gasteiger partial charge in [-0.2, -0.15) is 0 Å². The lowest BCUT2D eigenvalue weighted by Gasteiger charge is -2.11. The van der Waals surface area contributed by atoms with Gasteiger partial charge in [-0.25, -0.2) is 9.97 Å². The highest BCUT2D eigenvalue weighted by Gasteiger charge is 2.11. The predicted octanol–water partition coefficient (Wildman–Crippen LogP) is 4.72. The molecule has 128 valence electrons. The fourth-order valence-corrected chi connectivity index (χ4v) is 2.71. The third kappa shape index (κ3) is 3.62. The molecule has 1 aromatic heterocycles. The molecule has 0 spiro atoms. The summed E-state index contributed by atoms with van der Waals surface area (Å²) in [5, 5.41) is 0.927. The maximum Gasteiger partial charge on any atom is 0.221 e. The Morgan fingerprint density at radius 2 is 1.36 bits per heavy atom. The quantitative estimate of drug-likeness (QED) is 0.714. The van der Waals surface area contributed by atoms with Crippen molar-refractivity contribution in [1.82, 2.24) is 9.97 Å². The molecule has 0 fully saturated rings. The van der Waals surface area contributed by atoms with E-state index in [1.807, 2.05) is 30.3 Å². The Bertz CT molecular complexity index is 932. The van der Waals surface area contributed by atoms with Gasteiger partial charge in [0, 0.05) is 11.1 Å². The van der Waals surface area contributed by atoms with Gasteiger partial charge in [0.05, 0.1) is 35.7 Å². The Morgan fingerprint density at radius 3 is 1.96 bits per heavy atom. The summed E-state index contributed by atoms with van der Waals surface area (Å²) in [5.74, 6) is 1.40. The molecule has 0 unspecified atom stereocenters. The van der Waals surface area contributed by atoms with Crippen LogP contribution in [0, 0.1) is 0 Å². The number of hydrogen-bond acceptors (Lipinski definition) is 5. The summed E-state index contributed by atoms with van der Waals surface area (Å²) in [6.07, 6.45) is 0. The second kappa shape index (κ2) is 7.17. The SMILES string of the molecule is COc1ccc(-c2cc(-c3ccc(Cl)c(Cl)c3)nc(N)n2)cc1OC. The van der Waals surface area contributed by atoms with Crippen LogP contribution in [0.4, 0.5) is 5.95 Å². The average Bonchev–Trinajstić information content (AvgIpc) is 2.62. The van der Waals surface area contributed by atoms with Gasteiger partial charge in [0.1, 0.15) is 0 Å². The molecule has 25 heavy (non-hydrogen) atoms. The van der Waals surface area contributed by atoms with Crippen LogP contribution in [-0.2, 0) is 0 Å². The minimum Gasteiger partial charge on any atom is -0.493 e. The van der Waals surface area contributed by atoms with Crippen LogP contribution in [0.5, 0.6) is 11.5 Å². The van der Waals surface area contributed by atoms with E-state index in [1.54, 1.807) is 26.4 Å². The van der Waals surface area contributed by atoms with Crippen molar-refractivity contribution >= 4 is 29.2 Å². The van der Waals surface area contributed by atoms with Gasteiger partial charge in [-0.15, -0.1) is 0 Å². The summed E-state index contributed by atoms with van der Waals surface area (Å²) in [7, 11) is 3.17. The van der Waals surface area contributed by atoms with E-state index in [1.165, 1.54) is 0 Å². The maximum atomic E-state index is 6.10. The zero-order valence-corrected chi connectivity index (χ0v) is 15.1. The van der Waals surface area contributed by atoms with Gasteiger partial charge in [-0.05, 0) is 36.4 Å². The number of methoxy groups -OCH3 is 2. The molecule has 5 nitrogen and oxygen atoms in total. The molecule has 7 heteroatoms. The molecule has 0 bridgehead atoms. The van der Waals surface area contributed by atoms with Crippen molar-refractivity contribution in [1.29, 1.82) is 0 Å². The molecule has 0 saturated carbocycles. The number of aromatic nitrogens is 2. The molecule has 0 saturated heterocycles. The van der Waals surface area contributed by atoms with Gasteiger partial charge in [0.25, 0.3) is 0 Å². The van der Waals surface area contributed by atoms with E-state index in [0.717, 1.165) is 11.1 Å². The van der Waals surface area contributed by atoms with Gasteiger partial charge < -0.3 is 15.2 Å². The Kier molecular flexibility index (Phi) is 4.97. The van der Waals surface area contributed by atoms with Crippen LogP contribution in [0.1, 0.15) is 0 Å². The van der Waals surface area contributed by atoms with Crippen molar-refractivity contribution in [3.05, 3.63) is 52.5 Å². The lowest BCUT2D eigenvalue weighted by atomic mass is 10.1. The summed E-state index contributed by atoms with van der Waals surface area (Å²) in [4.78, 5) is 8.60. The fraction of sp³-hybridized carbons (Fsp3) is 0.111. The van der Waals surface area contributed by atoms with E-state index >= 15 is 0 Å². The highest BCUT2D eigenvalue weighted by atomic mass is 35.5. The molecule has 2 N–H and O–H groups in total. The normalized spacial score (nSPS) is 10.6. The third-order valence-electron chi connectivity index (χ3n) is 3.64. The van der Waals surface area contributed by atoms with Crippen LogP contribution < -0.4 is 15.2 Å². The van der Waals surface area contributed by atoms with Crippen LogP contribution in [-0.4, -0.2) is 24.2 Å². The summed E-state index contributed by atoms with van der Waals surface area (Å²) in [6, 6.07) is 12.6. The van der Waals surface area contributed by atoms with Crippen molar-refractivity contribution < 1.29 is 9.47 Å². The zero-order chi connectivity index (χ0) is 18.0. The smallest absolute Gasteiger partial charge is 0.221 e. The van der Waals surface area contributed by atoms with Crippen LogP contribution in [0.2, 0.25) is 10.0 Å². The minimum absolute atomic E-state index is 0.161. The van der Waals surface area contributed by atoms with E-state index < -0.39 is 0 Å². The van der Waals surface area contributed by atoms with Crippen LogP contribution in [0.15, 0.2) is 42.5 Å². The second-order valence-corrected chi connectivity index (χ2v) is 6.01. The largest absolute Gasteiger partial charge is 0.493 e. The topological polar surface area (TPSA) is 70.3 Å². The van der Waals surface area contributed by atoms with E-state index in [-0.39, 0.29) is 5.95 Å². The van der Waals surface area contributed by atoms with Gasteiger partial charge in [-0.1, -0.05) is 29.3 Å². The molecule has 0 amide bonds. The fourth-order valence-electron chi connectivity index (χ4n) is 2.41. The first-order valence-corrected chi connectivity index (χ1v) is 8.10. The molecule has 0 aliphatic carbocycles. The molecular formula is C18H15Cl2N3O2. The maximum absolute atomic E-state index is 6.10. The number of ether oxygens (including phenoxy) is 2. The third-order valence-corrected chi connectivity index (χ3v) is 4.38. The monoisotopic (exact) mass is 375 g/mol. The van der Waals surface area contributed by atoms with Gasteiger partial charge in [0.15, 0.2) is 11.5 Å². The molecule has 0 aliphatic heterocycles. The predicted molar refractivity (Wildman–Crippen MR) is 100 cm³/mol. The molecule has 0 radical (unpaired) electrons. The molecular weight excluding hydrogens is 361 g/mol. The minimum atomic E-state index is 0.161. The highest BCUT2D eigenvalue weighted by Crippen LogP contribution is 2.34. The van der Waals surface area contributed by atoms with Gasteiger partial charge >= 0.3 is 0 Å². The second-order valence-electron chi connectivity index (χ2n) is 5.20. The lowest BCUT2D eigenvalue weighted by molar-refractivity contribution is 0.355. The standard InChI is InChI=1S/C18H15Cl2N3O2/c1-24-16-6-4-11(8-17(16)25-2)15-9-14(22-18(21)23-15)10-3-5-12(19)13(20)7-10/h3-9H,1-2H3,(H2,21,22,23). The Labute approximate surface area is 155 Å². The number of rotatable bonds is 4. The first kappa shape index (κ1) is 17.3. The van der Waals surface area contributed by atoms with Gasteiger partial charge in [0.2, 0.25) is 5.95 Å². The first-order chi connectivity index (χ1) is 12.0. The van der Waals surface area contributed by atoms with Crippen molar-refractivity contribution in [2.75, 3.05) is 20.0 Å². The van der Waals surface area contributed by atoms with E-state index in [2.05, 4.69) is 9.97 Å². The number of nitrogens with two attached hydrogens (primary N) is 1. The van der Waals surface area contributed by atoms with Crippen LogP contribution >= 0.6 is 23.2 Å². The summed E-state index contributed by atoms with van der Waals surface area (Å²) >= 11 is 12.1. The number of anilines is 1. The Balaban J connectivity index is 2.09. The summed E-state index contributed by atoms with van der Waals surface area (Å²) in [6.45, 7) is 0. The van der Waals surface area contributed by atoms with Crippen molar-refractivity contribution in [2.45, 2.75) is 0 Å². The lowest BCUT2D eigenvalue weighted by Crippen LogP contribution is -1.99. The number of nitrogen functional groups attached to an aromatic ring is 1. The molecule has 0 atom stereocenters. The number of hydrogen-bond donors (Lipinski definition) is 1.